The maximum Gasteiger partial charge on any atom is 0.227 e. The number of carbonyl (C=O) groups is 1. The first-order valence-corrected chi connectivity index (χ1v) is 8.43. The molecule has 1 aromatic rings. The Balaban J connectivity index is 2.91. The third kappa shape index (κ3) is 5.65. The quantitative estimate of drug-likeness (QED) is 0.705. The Labute approximate surface area is 144 Å². The van der Waals surface area contributed by atoms with Crippen LogP contribution in [0.1, 0.15) is 39.7 Å². The van der Waals surface area contributed by atoms with Gasteiger partial charge in [-0.2, -0.15) is 0 Å². The van der Waals surface area contributed by atoms with Gasteiger partial charge in [-0.25, -0.2) is 4.39 Å². The summed E-state index contributed by atoms with van der Waals surface area (Å²) >= 11 is 8.54. The molecule has 1 amide bonds. The minimum atomic E-state index is -0.488. The van der Waals surface area contributed by atoms with Crippen molar-refractivity contribution in [3.05, 3.63) is 28.0 Å². The zero-order chi connectivity index (χ0) is 16.9. The number of hydrogen-bond donors (Lipinski definition) is 1. The average molecular weight is 390 g/mol. The summed E-state index contributed by atoms with van der Waals surface area (Å²) in [5.74, 6) is -0.940. The van der Waals surface area contributed by atoms with Gasteiger partial charge in [-0.15, -0.1) is 0 Å². The summed E-state index contributed by atoms with van der Waals surface area (Å²) in [5, 5.41) is 3.03. The second-order valence-electron chi connectivity index (χ2n) is 5.45. The van der Waals surface area contributed by atoms with Crippen molar-refractivity contribution in [2.75, 3.05) is 5.32 Å². The molecule has 1 atom stereocenters. The van der Waals surface area contributed by atoms with Gasteiger partial charge in [0, 0.05) is 16.8 Å². The van der Waals surface area contributed by atoms with E-state index in [4.69, 9.17) is 17.0 Å². The molecule has 0 aliphatic rings. The summed E-state index contributed by atoms with van der Waals surface area (Å²) < 4.78 is 20.1. The van der Waals surface area contributed by atoms with Crippen LogP contribution in [0.4, 0.5) is 10.1 Å². The number of thiocarbonyl (C=S) groups is 1. The van der Waals surface area contributed by atoms with Crippen molar-refractivity contribution in [1.82, 2.24) is 0 Å². The Morgan fingerprint density at radius 1 is 1.41 bits per heavy atom. The van der Waals surface area contributed by atoms with Crippen molar-refractivity contribution in [1.29, 1.82) is 0 Å². The second kappa shape index (κ2) is 8.58. The number of halogens is 2. The van der Waals surface area contributed by atoms with Crippen LogP contribution in [0, 0.1) is 11.7 Å². The fourth-order valence-corrected chi connectivity index (χ4v) is 2.38. The zero-order valence-electron chi connectivity index (χ0n) is 13.2. The fourth-order valence-electron chi connectivity index (χ4n) is 1.61. The zero-order valence-corrected chi connectivity index (χ0v) is 15.6. The molecular weight excluding hydrogens is 369 g/mol. The predicted molar refractivity (Wildman–Crippen MR) is 94.7 cm³/mol. The molecule has 22 heavy (non-hydrogen) atoms. The Hall–Kier alpha value is -1.01. The topological polar surface area (TPSA) is 38.3 Å². The van der Waals surface area contributed by atoms with Crippen LogP contribution in [-0.2, 0) is 16.0 Å². The van der Waals surface area contributed by atoms with Crippen LogP contribution in [0.2, 0.25) is 0 Å². The summed E-state index contributed by atoms with van der Waals surface area (Å²) in [6.45, 7) is 7.46. The van der Waals surface area contributed by atoms with Gasteiger partial charge >= 0.3 is 0 Å². The molecule has 0 aliphatic heterocycles. The molecular formula is C16H21BrFNO2S. The molecule has 1 N–H and O–H groups in total. The minimum absolute atomic E-state index is 0.0480. The third-order valence-electron chi connectivity index (χ3n) is 3.16. The molecule has 0 saturated carbocycles. The smallest absolute Gasteiger partial charge is 0.227 e. The SMILES string of the molecule is CCC(C)OC(=S)Cc1cc(NC(=O)C(C)C)c(F)cc1Br. The van der Waals surface area contributed by atoms with E-state index in [1.165, 1.54) is 6.07 Å². The maximum atomic E-state index is 13.9. The van der Waals surface area contributed by atoms with Crippen molar-refractivity contribution >= 4 is 44.8 Å². The van der Waals surface area contributed by atoms with Crippen LogP contribution in [0.3, 0.4) is 0 Å². The van der Waals surface area contributed by atoms with Crippen LogP contribution in [-0.4, -0.2) is 17.1 Å². The molecule has 0 aliphatic carbocycles. The van der Waals surface area contributed by atoms with Gasteiger partial charge < -0.3 is 10.1 Å². The van der Waals surface area contributed by atoms with Crippen molar-refractivity contribution in [2.24, 2.45) is 5.92 Å². The molecule has 3 nitrogen and oxygen atoms in total. The molecule has 0 saturated heterocycles. The largest absolute Gasteiger partial charge is 0.484 e. The van der Waals surface area contributed by atoms with Crippen LogP contribution in [0.25, 0.3) is 0 Å². The normalized spacial score (nSPS) is 12.1. The minimum Gasteiger partial charge on any atom is -0.484 e. The van der Waals surface area contributed by atoms with Crippen LogP contribution in [0.15, 0.2) is 16.6 Å². The summed E-state index contributed by atoms with van der Waals surface area (Å²) in [6.07, 6.45) is 1.29. The summed E-state index contributed by atoms with van der Waals surface area (Å²) in [7, 11) is 0. The first-order chi connectivity index (χ1) is 10.2. The van der Waals surface area contributed by atoms with Gasteiger partial charge in [0.15, 0.2) is 5.05 Å². The number of benzene rings is 1. The lowest BCUT2D eigenvalue weighted by Gasteiger charge is -2.15. The van der Waals surface area contributed by atoms with E-state index < -0.39 is 5.82 Å². The van der Waals surface area contributed by atoms with Gasteiger partial charge in [-0.3, -0.25) is 4.79 Å². The van der Waals surface area contributed by atoms with E-state index >= 15 is 0 Å². The molecule has 0 radical (unpaired) electrons. The lowest BCUT2D eigenvalue weighted by atomic mass is 10.1. The highest BCUT2D eigenvalue weighted by atomic mass is 79.9. The van der Waals surface area contributed by atoms with Crippen LogP contribution < -0.4 is 5.32 Å². The number of hydrogen-bond acceptors (Lipinski definition) is 3. The third-order valence-corrected chi connectivity index (χ3v) is 4.14. The van der Waals surface area contributed by atoms with Gasteiger partial charge in [0.05, 0.1) is 11.8 Å². The monoisotopic (exact) mass is 389 g/mol. The number of anilines is 1. The predicted octanol–water partition coefficient (Wildman–Crippen LogP) is 4.87. The van der Waals surface area contributed by atoms with Crippen LogP contribution in [0.5, 0.6) is 0 Å². The summed E-state index contributed by atoms with van der Waals surface area (Å²) in [4.78, 5) is 11.7. The highest BCUT2D eigenvalue weighted by molar-refractivity contribution is 9.10. The average Bonchev–Trinajstić information content (AvgIpc) is 2.43. The van der Waals surface area contributed by atoms with Crippen molar-refractivity contribution in [3.63, 3.8) is 0 Å². The molecule has 1 rings (SSSR count). The number of nitrogens with one attached hydrogen (secondary N) is 1. The van der Waals surface area contributed by atoms with Gasteiger partial charge in [-0.1, -0.05) is 36.7 Å². The molecule has 0 aromatic heterocycles. The molecule has 1 aromatic carbocycles. The van der Waals surface area contributed by atoms with E-state index in [0.29, 0.717) is 15.9 Å². The highest BCUT2D eigenvalue weighted by Gasteiger charge is 2.15. The standard InChI is InChI=1S/C16H21BrFNO2S/c1-5-10(4)21-15(22)7-11-6-14(13(18)8-12(11)17)19-16(20)9(2)3/h6,8-10H,5,7H2,1-4H3,(H,19,20). The van der Waals surface area contributed by atoms with Crippen molar-refractivity contribution < 1.29 is 13.9 Å². The molecule has 1 unspecified atom stereocenters. The van der Waals surface area contributed by atoms with Crippen molar-refractivity contribution in [2.45, 2.75) is 46.6 Å². The van der Waals surface area contributed by atoms with E-state index in [-0.39, 0.29) is 23.6 Å². The first kappa shape index (κ1) is 19.0. The maximum absolute atomic E-state index is 13.9. The van der Waals surface area contributed by atoms with E-state index in [9.17, 15) is 9.18 Å². The number of rotatable bonds is 6. The molecule has 122 valence electrons. The number of amides is 1. The Morgan fingerprint density at radius 3 is 2.59 bits per heavy atom. The van der Waals surface area contributed by atoms with E-state index in [2.05, 4.69) is 21.2 Å². The van der Waals surface area contributed by atoms with Gasteiger partial charge in [-0.05, 0) is 43.3 Å². The molecule has 0 heterocycles. The molecule has 0 spiro atoms. The van der Waals surface area contributed by atoms with Gasteiger partial charge in [0.25, 0.3) is 0 Å². The highest BCUT2D eigenvalue weighted by Crippen LogP contribution is 2.26. The van der Waals surface area contributed by atoms with Crippen molar-refractivity contribution in [3.8, 4) is 0 Å². The van der Waals surface area contributed by atoms with E-state index in [1.54, 1.807) is 19.9 Å². The number of ether oxygens (including phenoxy) is 1. The lowest BCUT2D eigenvalue weighted by molar-refractivity contribution is -0.118. The lowest BCUT2D eigenvalue weighted by Crippen LogP contribution is -2.19. The van der Waals surface area contributed by atoms with Gasteiger partial charge in [0.1, 0.15) is 5.82 Å². The Kier molecular flexibility index (Phi) is 7.42. The molecule has 6 heteroatoms. The number of carbonyl (C=O) groups excluding carboxylic acids is 1. The molecule has 0 fully saturated rings. The fraction of sp³-hybridized carbons (Fsp3) is 0.500. The van der Waals surface area contributed by atoms with E-state index in [1.807, 2.05) is 13.8 Å². The van der Waals surface area contributed by atoms with Gasteiger partial charge in [0.2, 0.25) is 5.91 Å². The Morgan fingerprint density at radius 2 is 2.05 bits per heavy atom. The Bertz CT molecular complexity index is 563. The summed E-state index contributed by atoms with van der Waals surface area (Å²) in [5.41, 5.74) is 0.928. The van der Waals surface area contributed by atoms with Crippen LogP contribution >= 0.6 is 28.1 Å². The second-order valence-corrected chi connectivity index (χ2v) is 6.76. The first-order valence-electron chi connectivity index (χ1n) is 7.22. The molecule has 0 bridgehead atoms. The van der Waals surface area contributed by atoms with E-state index in [0.717, 1.165) is 12.0 Å². The summed E-state index contributed by atoms with van der Waals surface area (Å²) in [6, 6.07) is 2.92.